The molecule has 0 unspecified atom stereocenters. The van der Waals surface area contributed by atoms with Crippen LogP contribution in [-0.2, 0) is 11.3 Å². The standard InChI is InChI=1S/C17H22N4OS/c1-13-3-4-15(23-13)10-21-8-5-17(12-21)9-14(11-22-17)20-16-18-6-2-7-19-16/h2-4,6-7,14H,5,8-12H2,1H3,(H,18,19,20)/t14-,17+/m0/s1. The number of ether oxygens (including phenoxy) is 1. The van der Waals surface area contributed by atoms with E-state index in [-0.39, 0.29) is 5.60 Å². The lowest BCUT2D eigenvalue weighted by Crippen LogP contribution is -2.33. The van der Waals surface area contributed by atoms with Crippen molar-refractivity contribution in [1.82, 2.24) is 14.9 Å². The van der Waals surface area contributed by atoms with Crippen LogP contribution in [-0.4, -0.2) is 46.2 Å². The lowest BCUT2D eigenvalue weighted by atomic mass is 9.97. The molecule has 0 bridgehead atoms. The van der Waals surface area contributed by atoms with Gasteiger partial charge < -0.3 is 10.1 Å². The summed E-state index contributed by atoms with van der Waals surface area (Å²) in [5.41, 5.74) is 0.0126. The summed E-state index contributed by atoms with van der Waals surface area (Å²) in [6.07, 6.45) is 5.68. The third-order valence-corrected chi connectivity index (χ3v) is 5.66. The van der Waals surface area contributed by atoms with Gasteiger partial charge in [0.05, 0.1) is 18.2 Å². The van der Waals surface area contributed by atoms with Crippen molar-refractivity contribution >= 4 is 17.3 Å². The third kappa shape index (κ3) is 3.39. The molecule has 6 heteroatoms. The molecule has 122 valence electrons. The molecular weight excluding hydrogens is 308 g/mol. The van der Waals surface area contributed by atoms with E-state index in [0.717, 1.165) is 39.1 Å². The Balaban J connectivity index is 1.34. The molecule has 2 fully saturated rings. The topological polar surface area (TPSA) is 50.3 Å². The highest BCUT2D eigenvalue weighted by molar-refractivity contribution is 7.11. The van der Waals surface area contributed by atoms with E-state index in [2.05, 4.69) is 39.2 Å². The summed E-state index contributed by atoms with van der Waals surface area (Å²) in [6.45, 7) is 6.10. The number of likely N-dealkylation sites (tertiary alicyclic amines) is 1. The highest BCUT2D eigenvalue weighted by Crippen LogP contribution is 2.36. The number of thiophene rings is 1. The lowest BCUT2D eigenvalue weighted by Gasteiger charge is -2.23. The van der Waals surface area contributed by atoms with Crippen LogP contribution in [0.5, 0.6) is 0 Å². The maximum atomic E-state index is 6.20. The zero-order chi connectivity index (χ0) is 15.7. The van der Waals surface area contributed by atoms with E-state index in [4.69, 9.17) is 4.74 Å². The van der Waals surface area contributed by atoms with Crippen molar-refractivity contribution in [3.63, 3.8) is 0 Å². The minimum atomic E-state index is 0.0126. The quantitative estimate of drug-likeness (QED) is 0.934. The summed E-state index contributed by atoms with van der Waals surface area (Å²) in [7, 11) is 0. The molecule has 4 rings (SSSR count). The van der Waals surface area contributed by atoms with Crippen LogP contribution in [0.15, 0.2) is 30.6 Å². The van der Waals surface area contributed by atoms with Crippen molar-refractivity contribution in [3.05, 3.63) is 40.3 Å². The van der Waals surface area contributed by atoms with Crippen molar-refractivity contribution in [1.29, 1.82) is 0 Å². The molecule has 1 spiro atoms. The molecule has 2 aliphatic heterocycles. The first-order valence-electron chi connectivity index (χ1n) is 8.16. The fraction of sp³-hybridized carbons (Fsp3) is 0.529. The average Bonchev–Trinajstić information content (AvgIpc) is 3.24. The highest BCUT2D eigenvalue weighted by atomic mass is 32.1. The third-order valence-electron chi connectivity index (χ3n) is 4.68. The molecule has 0 saturated carbocycles. The second-order valence-corrected chi connectivity index (χ2v) is 7.96. The first-order chi connectivity index (χ1) is 11.2. The van der Waals surface area contributed by atoms with Gasteiger partial charge in [0.1, 0.15) is 0 Å². The lowest BCUT2D eigenvalue weighted by molar-refractivity contribution is 0.0120. The molecule has 23 heavy (non-hydrogen) atoms. The van der Waals surface area contributed by atoms with E-state index in [1.165, 1.54) is 9.75 Å². The molecule has 0 amide bonds. The molecule has 2 aromatic heterocycles. The number of rotatable bonds is 4. The molecule has 1 N–H and O–H groups in total. The van der Waals surface area contributed by atoms with Crippen LogP contribution >= 0.6 is 11.3 Å². The maximum Gasteiger partial charge on any atom is 0.222 e. The van der Waals surface area contributed by atoms with E-state index in [1.807, 2.05) is 17.4 Å². The van der Waals surface area contributed by atoms with Gasteiger partial charge in [0.15, 0.2) is 0 Å². The predicted molar refractivity (Wildman–Crippen MR) is 91.7 cm³/mol. The molecule has 0 radical (unpaired) electrons. The van der Waals surface area contributed by atoms with Crippen molar-refractivity contribution in [2.75, 3.05) is 25.0 Å². The summed E-state index contributed by atoms with van der Waals surface area (Å²) < 4.78 is 6.20. The molecule has 5 nitrogen and oxygen atoms in total. The summed E-state index contributed by atoms with van der Waals surface area (Å²) in [6, 6.07) is 6.59. The van der Waals surface area contributed by atoms with Gasteiger partial charge in [-0.3, -0.25) is 4.90 Å². The average molecular weight is 330 g/mol. The second kappa shape index (κ2) is 6.19. The second-order valence-electron chi connectivity index (χ2n) is 6.58. The predicted octanol–water partition coefficient (Wildman–Crippen LogP) is 2.69. The number of aryl methyl sites for hydroxylation is 1. The zero-order valence-corrected chi connectivity index (χ0v) is 14.2. The van der Waals surface area contributed by atoms with E-state index in [1.54, 1.807) is 12.4 Å². The van der Waals surface area contributed by atoms with Crippen molar-refractivity contribution in [3.8, 4) is 0 Å². The normalized spacial score (nSPS) is 27.8. The Bertz CT molecular complexity index is 662. The van der Waals surface area contributed by atoms with Gasteiger partial charge >= 0.3 is 0 Å². The van der Waals surface area contributed by atoms with Crippen LogP contribution in [0, 0.1) is 6.92 Å². The van der Waals surface area contributed by atoms with Crippen molar-refractivity contribution in [2.24, 2.45) is 0 Å². The summed E-state index contributed by atoms with van der Waals surface area (Å²) in [5.74, 6) is 0.696. The fourth-order valence-electron chi connectivity index (χ4n) is 3.63. The maximum absolute atomic E-state index is 6.20. The van der Waals surface area contributed by atoms with E-state index < -0.39 is 0 Å². The van der Waals surface area contributed by atoms with Crippen LogP contribution in [0.1, 0.15) is 22.6 Å². The Morgan fingerprint density at radius 2 is 2.26 bits per heavy atom. The molecule has 4 heterocycles. The van der Waals surface area contributed by atoms with Crippen LogP contribution in [0.4, 0.5) is 5.95 Å². The Hall–Kier alpha value is -1.50. The SMILES string of the molecule is Cc1ccc(CN2CC[C@@]3(C[C@H](Nc4ncccn4)CO3)C2)s1. The van der Waals surface area contributed by atoms with Gasteiger partial charge in [0.2, 0.25) is 5.95 Å². The number of aromatic nitrogens is 2. The van der Waals surface area contributed by atoms with Crippen LogP contribution in [0.2, 0.25) is 0 Å². The van der Waals surface area contributed by atoms with Gasteiger partial charge in [-0.1, -0.05) is 0 Å². The Morgan fingerprint density at radius 3 is 3.04 bits per heavy atom. The number of hydrogen-bond acceptors (Lipinski definition) is 6. The first kappa shape index (κ1) is 15.1. The van der Waals surface area contributed by atoms with Gasteiger partial charge in [0, 0.05) is 48.2 Å². The molecule has 2 saturated heterocycles. The zero-order valence-electron chi connectivity index (χ0n) is 13.4. The smallest absolute Gasteiger partial charge is 0.222 e. The Kier molecular flexibility index (Phi) is 4.05. The van der Waals surface area contributed by atoms with Gasteiger partial charge in [-0.15, -0.1) is 11.3 Å². The minimum absolute atomic E-state index is 0.0126. The van der Waals surface area contributed by atoms with Crippen LogP contribution < -0.4 is 5.32 Å². The van der Waals surface area contributed by atoms with E-state index in [9.17, 15) is 0 Å². The number of hydrogen-bond donors (Lipinski definition) is 1. The summed E-state index contributed by atoms with van der Waals surface area (Å²) in [4.78, 5) is 13.8. The Morgan fingerprint density at radius 1 is 1.39 bits per heavy atom. The van der Waals surface area contributed by atoms with Crippen molar-refractivity contribution < 1.29 is 4.74 Å². The van der Waals surface area contributed by atoms with Gasteiger partial charge in [-0.25, -0.2) is 9.97 Å². The number of nitrogens with one attached hydrogen (secondary N) is 1. The highest BCUT2D eigenvalue weighted by Gasteiger charge is 2.45. The molecule has 2 aliphatic rings. The van der Waals surface area contributed by atoms with Gasteiger partial charge in [-0.2, -0.15) is 0 Å². The number of anilines is 1. The van der Waals surface area contributed by atoms with Gasteiger partial charge in [0.25, 0.3) is 0 Å². The fourth-order valence-corrected chi connectivity index (χ4v) is 4.56. The van der Waals surface area contributed by atoms with Crippen LogP contribution in [0.3, 0.4) is 0 Å². The van der Waals surface area contributed by atoms with E-state index >= 15 is 0 Å². The molecule has 0 aromatic carbocycles. The minimum Gasteiger partial charge on any atom is -0.371 e. The molecule has 0 aliphatic carbocycles. The van der Waals surface area contributed by atoms with Crippen molar-refractivity contribution in [2.45, 2.75) is 38.0 Å². The Labute approximate surface area is 140 Å². The van der Waals surface area contributed by atoms with Gasteiger partial charge in [-0.05, 0) is 31.5 Å². The number of nitrogens with zero attached hydrogens (tertiary/aromatic N) is 3. The first-order valence-corrected chi connectivity index (χ1v) is 8.98. The largest absolute Gasteiger partial charge is 0.371 e. The molecular formula is C17H22N4OS. The summed E-state index contributed by atoms with van der Waals surface area (Å²) >= 11 is 1.90. The molecule has 2 aromatic rings. The van der Waals surface area contributed by atoms with E-state index in [0.29, 0.717) is 12.0 Å². The monoisotopic (exact) mass is 330 g/mol. The molecule has 2 atom stereocenters. The van der Waals surface area contributed by atoms with Crippen LogP contribution in [0.25, 0.3) is 0 Å². The summed E-state index contributed by atoms with van der Waals surface area (Å²) in [5, 5.41) is 3.40.